The van der Waals surface area contributed by atoms with Crippen molar-refractivity contribution in [2.75, 3.05) is 11.9 Å². The number of carbonyl (C=O) groups is 3. The van der Waals surface area contributed by atoms with Gasteiger partial charge in [0, 0.05) is 5.69 Å². The van der Waals surface area contributed by atoms with Crippen LogP contribution < -0.4 is 10.6 Å². The normalized spacial score (nSPS) is 18.7. The lowest BCUT2D eigenvalue weighted by atomic mass is 9.87. The molecule has 0 radical (unpaired) electrons. The van der Waals surface area contributed by atoms with E-state index in [-0.39, 0.29) is 12.3 Å². The number of amides is 4. The number of hydrogen-bond donors (Lipinski definition) is 2. The molecule has 1 unspecified atom stereocenters. The first-order chi connectivity index (χ1) is 14.2. The van der Waals surface area contributed by atoms with Crippen LogP contribution in [0.5, 0.6) is 0 Å². The van der Waals surface area contributed by atoms with Crippen molar-refractivity contribution in [3.63, 3.8) is 0 Å². The van der Waals surface area contributed by atoms with Gasteiger partial charge in [0.05, 0.1) is 0 Å². The summed E-state index contributed by atoms with van der Waals surface area (Å²) in [5, 5.41) is 5.56. The van der Waals surface area contributed by atoms with Crippen molar-refractivity contribution < 1.29 is 18.8 Å². The van der Waals surface area contributed by atoms with Crippen LogP contribution in [-0.2, 0) is 15.1 Å². The fourth-order valence-electron chi connectivity index (χ4n) is 3.81. The Morgan fingerprint density at radius 1 is 1.17 bits per heavy atom. The minimum atomic E-state index is -1.31. The molecule has 1 aliphatic heterocycles. The van der Waals surface area contributed by atoms with Gasteiger partial charge in [0.25, 0.3) is 5.91 Å². The largest absolute Gasteiger partial charge is 0.325 e. The van der Waals surface area contributed by atoms with Crippen LogP contribution in [0, 0.1) is 12.7 Å². The Morgan fingerprint density at radius 2 is 1.83 bits per heavy atom. The molecule has 7 heteroatoms. The van der Waals surface area contributed by atoms with Crippen molar-refractivity contribution in [3.8, 4) is 0 Å². The maximum absolute atomic E-state index is 13.3. The second-order valence-corrected chi connectivity index (χ2v) is 7.83. The molecule has 158 valence electrons. The van der Waals surface area contributed by atoms with E-state index in [1.807, 2.05) is 39.0 Å². The molecule has 0 bridgehead atoms. The predicted molar refractivity (Wildman–Crippen MR) is 113 cm³/mol. The van der Waals surface area contributed by atoms with Gasteiger partial charge in [-0.3, -0.25) is 14.5 Å². The summed E-state index contributed by atoms with van der Waals surface area (Å²) in [5.74, 6) is -1.22. The van der Waals surface area contributed by atoms with Crippen molar-refractivity contribution >= 4 is 23.5 Å². The molecule has 1 atom stereocenters. The van der Waals surface area contributed by atoms with E-state index in [4.69, 9.17) is 0 Å². The Labute approximate surface area is 175 Å². The third-order valence-corrected chi connectivity index (χ3v) is 5.54. The number of nitrogens with one attached hydrogen (secondary N) is 2. The summed E-state index contributed by atoms with van der Waals surface area (Å²) < 4.78 is 13.3. The molecule has 30 heavy (non-hydrogen) atoms. The van der Waals surface area contributed by atoms with E-state index < -0.39 is 35.7 Å². The molecule has 0 spiro atoms. The van der Waals surface area contributed by atoms with Gasteiger partial charge >= 0.3 is 6.03 Å². The minimum Gasteiger partial charge on any atom is -0.324 e. The number of urea groups is 1. The number of para-hydroxylation sites is 1. The third-order valence-electron chi connectivity index (χ3n) is 5.54. The molecular formula is C23H26FN3O3. The molecule has 2 aromatic rings. The highest BCUT2D eigenvalue weighted by Gasteiger charge is 2.51. The monoisotopic (exact) mass is 411 g/mol. The topological polar surface area (TPSA) is 78.5 Å². The molecule has 1 aliphatic rings. The molecule has 0 saturated carbocycles. The number of imide groups is 1. The Hall–Kier alpha value is -3.22. The number of hydrogen-bond acceptors (Lipinski definition) is 3. The zero-order valence-corrected chi connectivity index (χ0v) is 17.6. The lowest BCUT2D eigenvalue weighted by Gasteiger charge is -2.25. The van der Waals surface area contributed by atoms with E-state index >= 15 is 0 Å². The molecule has 4 amide bonds. The van der Waals surface area contributed by atoms with Gasteiger partial charge in [-0.15, -0.1) is 0 Å². The maximum atomic E-state index is 13.3. The highest BCUT2D eigenvalue weighted by molar-refractivity contribution is 6.10. The molecule has 2 N–H and O–H groups in total. The summed E-state index contributed by atoms with van der Waals surface area (Å²) in [4.78, 5) is 39.4. The van der Waals surface area contributed by atoms with Crippen LogP contribution in [0.3, 0.4) is 0 Å². The van der Waals surface area contributed by atoms with Crippen LogP contribution in [0.4, 0.5) is 14.9 Å². The van der Waals surface area contributed by atoms with Crippen molar-refractivity contribution in [2.45, 2.75) is 45.6 Å². The molecule has 0 aliphatic carbocycles. The fraction of sp³-hybridized carbons (Fsp3) is 0.348. The summed E-state index contributed by atoms with van der Waals surface area (Å²) in [5.41, 5.74) is 1.76. The molecular weight excluding hydrogens is 385 g/mol. The summed E-state index contributed by atoms with van der Waals surface area (Å²) >= 11 is 0. The number of rotatable bonds is 6. The number of anilines is 1. The van der Waals surface area contributed by atoms with Crippen LogP contribution in [0.1, 0.15) is 49.8 Å². The Kier molecular flexibility index (Phi) is 5.92. The Balaban J connectivity index is 1.82. The lowest BCUT2D eigenvalue weighted by molar-refractivity contribution is -0.134. The number of aryl methyl sites for hydroxylation is 1. The van der Waals surface area contributed by atoms with Crippen molar-refractivity contribution in [1.29, 1.82) is 0 Å². The fourth-order valence-corrected chi connectivity index (χ4v) is 3.81. The molecule has 1 heterocycles. The first-order valence-electron chi connectivity index (χ1n) is 9.99. The molecule has 2 aromatic carbocycles. The Bertz CT molecular complexity index is 988. The van der Waals surface area contributed by atoms with Gasteiger partial charge in [-0.2, -0.15) is 0 Å². The van der Waals surface area contributed by atoms with E-state index in [0.717, 1.165) is 16.0 Å². The van der Waals surface area contributed by atoms with Crippen LogP contribution >= 0.6 is 0 Å². The van der Waals surface area contributed by atoms with E-state index in [0.29, 0.717) is 11.3 Å². The van der Waals surface area contributed by atoms with Crippen LogP contribution in [-0.4, -0.2) is 29.3 Å². The second-order valence-electron chi connectivity index (χ2n) is 7.83. The SMILES string of the molecule is CCC1(c2ccc(F)cc2)NC(=O)N(CC(=O)Nc2c(C)cccc2C(C)C)C1=O. The highest BCUT2D eigenvalue weighted by atomic mass is 19.1. The molecule has 1 fully saturated rings. The zero-order valence-electron chi connectivity index (χ0n) is 17.6. The summed E-state index contributed by atoms with van der Waals surface area (Å²) in [7, 11) is 0. The average molecular weight is 411 g/mol. The van der Waals surface area contributed by atoms with E-state index in [1.54, 1.807) is 6.92 Å². The van der Waals surface area contributed by atoms with Gasteiger partial charge in [-0.05, 0) is 48.1 Å². The summed E-state index contributed by atoms with van der Waals surface area (Å²) in [6.07, 6.45) is 0.274. The third kappa shape index (κ3) is 3.79. The van der Waals surface area contributed by atoms with Crippen molar-refractivity contribution in [1.82, 2.24) is 10.2 Å². The van der Waals surface area contributed by atoms with Gasteiger partial charge < -0.3 is 10.6 Å². The first-order valence-corrected chi connectivity index (χ1v) is 9.99. The quantitative estimate of drug-likeness (QED) is 0.704. The standard InChI is InChI=1S/C23H26FN3O3/c1-5-23(16-9-11-17(24)12-10-16)21(29)27(22(30)26-23)13-19(28)25-20-15(4)7-6-8-18(20)14(2)3/h6-12,14H,5,13H2,1-4H3,(H,25,28)(H,26,30). The number of nitrogens with zero attached hydrogens (tertiary/aromatic N) is 1. The molecule has 6 nitrogen and oxygen atoms in total. The van der Waals surface area contributed by atoms with Crippen LogP contribution in [0.2, 0.25) is 0 Å². The maximum Gasteiger partial charge on any atom is 0.325 e. The smallest absolute Gasteiger partial charge is 0.324 e. The van der Waals surface area contributed by atoms with Gasteiger partial charge in [-0.1, -0.05) is 51.1 Å². The molecule has 3 rings (SSSR count). The van der Waals surface area contributed by atoms with E-state index in [9.17, 15) is 18.8 Å². The number of carbonyl (C=O) groups excluding carboxylic acids is 3. The van der Waals surface area contributed by atoms with Gasteiger partial charge in [0.15, 0.2) is 0 Å². The first kappa shape index (κ1) is 21.5. The minimum absolute atomic E-state index is 0.197. The van der Waals surface area contributed by atoms with Gasteiger partial charge in [-0.25, -0.2) is 9.18 Å². The molecule has 1 saturated heterocycles. The van der Waals surface area contributed by atoms with Crippen molar-refractivity contribution in [3.05, 3.63) is 65.0 Å². The number of benzene rings is 2. The van der Waals surface area contributed by atoms with Gasteiger partial charge in [0.2, 0.25) is 5.91 Å². The van der Waals surface area contributed by atoms with Crippen molar-refractivity contribution in [2.24, 2.45) is 0 Å². The van der Waals surface area contributed by atoms with E-state index in [1.165, 1.54) is 24.3 Å². The predicted octanol–water partition coefficient (Wildman–Crippen LogP) is 4.05. The summed E-state index contributed by atoms with van der Waals surface area (Å²) in [6.45, 7) is 7.30. The average Bonchev–Trinajstić information content (AvgIpc) is 2.95. The van der Waals surface area contributed by atoms with Crippen LogP contribution in [0.15, 0.2) is 42.5 Å². The Morgan fingerprint density at radius 3 is 2.43 bits per heavy atom. The molecule has 0 aromatic heterocycles. The number of halogens is 1. The second kappa shape index (κ2) is 8.26. The lowest BCUT2D eigenvalue weighted by Crippen LogP contribution is -2.44. The highest BCUT2D eigenvalue weighted by Crippen LogP contribution is 2.33. The summed E-state index contributed by atoms with van der Waals surface area (Å²) in [6, 6.07) is 10.6. The van der Waals surface area contributed by atoms with Crippen LogP contribution in [0.25, 0.3) is 0 Å². The van der Waals surface area contributed by atoms with E-state index in [2.05, 4.69) is 10.6 Å². The van der Waals surface area contributed by atoms with Gasteiger partial charge in [0.1, 0.15) is 17.9 Å². The zero-order chi connectivity index (χ0) is 22.1.